The normalized spacial score (nSPS) is 13.5. The van der Waals surface area contributed by atoms with Crippen molar-refractivity contribution < 1.29 is 35.6 Å². The van der Waals surface area contributed by atoms with Crippen LogP contribution in [0.1, 0.15) is 49.1 Å². The molecule has 0 saturated carbocycles. The first-order chi connectivity index (χ1) is 14.3. The first kappa shape index (κ1) is 25.2. The van der Waals surface area contributed by atoms with Crippen LogP contribution in [0.3, 0.4) is 0 Å². The molecule has 0 aliphatic rings. The molecule has 2 aromatic rings. The zero-order valence-electron chi connectivity index (χ0n) is 17.7. The van der Waals surface area contributed by atoms with Crippen LogP contribution in [0.2, 0.25) is 19.6 Å². The van der Waals surface area contributed by atoms with Gasteiger partial charge in [-0.05, 0) is 48.4 Å². The van der Waals surface area contributed by atoms with Gasteiger partial charge in [0.2, 0.25) is 5.78 Å². The minimum Gasteiger partial charge on any atom is -0.474 e. The van der Waals surface area contributed by atoms with Gasteiger partial charge < -0.3 is 4.42 Å². The summed E-state index contributed by atoms with van der Waals surface area (Å²) in [6.07, 6.45) is -2.14. The average Bonchev–Trinajstić information content (AvgIpc) is 3.14. The molecule has 1 unspecified atom stereocenters. The highest BCUT2D eigenvalue weighted by Crippen LogP contribution is 2.31. The van der Waals surface area contributed by atoms with E-state index in [9.17, 15) is 31.1 Å². The van der Waals surface area contributed by atoms with Crippen LogP contribution in [0.5, 0.6) is 0 Å². The third-order valence-electron chi connectivity index (χ3n) is 5.17. The van der Waals surface area contributed by atoms with Crippen molar-refractivity contribution in [2.75, 3.05) is 0 Å². The highest BCUT2D eigenvalue weighted by Gasteiger charge is 2.39. The number of Topliss-reactive ketones (excluding diaryl/α,β-unsaturated/α-hetero) is 1. The molecule has 0 spiro atoms. The number of carbonyl (C=O) groups is 1. The Morgan fingerprint density at radius 3 is 2.19 bits per heavy atom. The van der Waals surface area contributed by atoms with Gasteiger partial charge in [-0.2, -0.15) is 13.2 Å². The molecule has 172 valence electrons. The second-order valence-electron chi connectivity index (χ2n) is 8.77. The monoisotopic (exact) mass is 464 g/mol. The number of unbranched alkanes of at least 4 members (excludes halogenated alkanes) is 2. The molecule has 0 saturated heterocycles. The zero-order chi connectivity index (χ0) is 23.4. The molecule has 0 radical (unpaired) electrons. The molecule has 9 heteroatoms. The van der Waals surface area contributed by atoms with Gasteiger partial charge in [-0.25, -0.2) is 13.2 Å². The van der Waals surface area contributed by atoms with Crippen molar-refractivity contribution >= 4 is 19.2 Å². The Bertz CT molecular complexity index is 898. The number of alkyl halides is 3. The van der Waals surface area contributed by atoms with E-state index in [1.165, 1.54) is 6.26 Å². The Balaban J connectivity index is 1.99. The molecular weight excluding hydrogens is 438 g/mol. The lowest BCUT2D eigenvalue weighted by Crippen LogP contribution is -2.36. The molecule has 1 aromatic carbocycles. The van der Waals surface area contributed by atoms with Crippen molar-refractivity contribution in [1.82, 2.24) is 0 Å². The molecule has 31 heavy (non-hydrogen) atoms. The Kier molecular flexibility index (Phi) is 8.19. The molecule has 0 amide bonds. The topological polar surface area (TPSA) is 30.2 Å². The van der Waals surface area contributed by atoms with E-state index in [0.717, 1.165) is 11.4 Å². The number of aryl methyl sites for hydroxylation is 1. The Labute approximate surface area is 178 Å². The number of furan rings is 1. The minimum atomic E-state index is -4.90. The number of benzene rings is 1. The van der Waals surface area contributed by atoms with E-state index < -0.39 is 49.8 Å². The molecule has 0 aliphatic heterocycles. The third-order valence-corrected chi connectivity index (χ3v) is 6.91. The fourth-order valence-corrected chi connectivity index (χ4v) is 4.33. The van der Waals surface area contributed by atoms with Crippen molar-refractivity contribution in [1.29, 1.82) is 0 Å². The summed E-state index contributed by atoms with van der Waals surface area (Å²) in [6.45, 7) is 6.13. The van der Waals surface area contributed by atoms with Crippen LogP contribution in [0.15, 0.2) is 28.9 Å². The highest BCUT2D eigenvalue weighted by molar-refractivity contribution is 6.87. The van der Waals surface area contributed by atoms with Gasteiger partial charge in [0.25, 0.3) is 0 Å². The molecule has 2 rings (SSSR count). The Morgan fingerprint density at radius 1 is 0.968 bits per heavy atom. The number of hydrogen-bond acceptors (Lipinski definition) is 2. The largest absolute Gasteiger partial charge is 0.474 e. The van der Waals surface area contributed by atoms with Crippen LogP contribution in [0.25, 0.3) is 0 Å². The number of halogens is 6. The second kappa shape index (κ2) is 10.1. The van der Waals surface area contributed by atoms with E-state index in [1.807, 2.05) is 19.6 Å². The predicted molar refractivity (Wildman–Crippen MR) is 109 cm³/mol. The molecule has 2 nitrogen and oxygen atoms in total. The van der Waals surface area contributed by atoms with Crippen LogP contribution in [0, 0.1) is 17.5 Å². The number of ketones is 1. The maximum Gasteiger partial charge on any atom is 0.449 e. The van der Waals surface area contributed by atoms with Crippen LogP contribution in [-0.4, -0.2) is 20.0 Å². The van der Waals surface area contributed by atoms with Gasteiger partial charge in [0, 0.05) is 12.5 Å². The smallest absolute Gasteiger partial charge is 0.449 e. The molecular formula is C22H26F6O2Si. The van der Waals surface area contributed by atoms with E-state index in [2.05, 4.69) is 0 Å². The van der Waals surface area contributed by atoms with E-state index in [-0.39, 0.29) is 12.0 Å². The van der Waals surface area contributed by atoms with Crippen LogP contribution in [-0.2, 0) is 11.2 Å². The van der Waals surface area contributed by atoms with Gasteiger partial charge in [0.1, 0.15) is 13.9 Å². The summed E-state index contributed by atoms with van der Waals surface area (Å²) in [4.78, 5) is 11.6. The van der Waals surface area contributed by atoms with Crippen molar-refractivity contribution in [2.24, 2.45) is 0 Å². The summed E-state index contributed by atoms with van der Waals surface area (Å²) in [5, 5.41) is 0.751. The summed E-state index contributed by atoms with van der Waals surface area (Å²) in [6, 6.07) is 3.06. The second-order valence-corrected chi connectivity index (χ2v) is 13.8. The summed E-state index contributed by atoms with van der Waals surface area (Å²) in [5.41, 5.74) is 0.624. The van der Waals surface area contributed by atoms with E-state index in [0.29, 0.717) is 37.3 Å². The molecule has 0 aliphatic carbocycles. The third kappa shape index (κ3) is 7.26. The fraction of sp³-hybridized carbons (Fsp3) is 0.500. The molecule has 0 bridgehead atoms. The van der Waals surface area contributed by atoms with Crippen LogP contribution in [0.4, 0.5) is 26.3 Å². The zero-order valence-corrected chi connectivity index (χ0v) is 18.7. The Hall–Kier alpha value is -2.03. The lowest BCUT2D eigenvalue weighted by Gasteiger charge is -2.16. The maximum absolute atomic E-state index is 13.7. The molecule has 0 N–H and O–H groups in total. The lowest BCUT2D eigenvalue weighted by molar-refractivity contribution is -0.171. The van der Waals surface area contributed by atoms with Crippen LogP contribution < -0.4 is 5.38 Å². The number of rotatable bonds is 10. The SMILES string of the molecule is C[Si](C)(C)c1cc(C(CCCCCc2cc(F)c(F)cc2F)CC(=O)C(F)(F)F)co1. The first-order valence-corrected chi connectivity index (χ1v) is 13.6. The van der Waals surface area contributed by atoms with E-state index in [1.54, 1.807) is 6.07 Å². The van der Waals surface area contributed by atoms with Crippen molar-refractivity contribution in [3.63, 3.8) is 0 Å². The first-order valence-electron chi connectivity index (χ1n) is 10.1. The van der Waals surface area contributed by atoms with Crippen molar-refractivity contribution in [3.8, 4) is 0 Å². The molecule has 0 fully saturated rings. The summed E-state index contributed by atoms with van der Waals surface area (Å²) < 4.78 is 83.9. The maximum atomic E-state index is 13.7. The van der Waals surface area contributed by atoms with Gasteiger partial charge in [-0.3, -0.25) is 4.79 Å². The molecule has 1 atom stereocenters. The molecule has 1 aromatic heterocycles. The van der Waals surface area contributed by atoms with Gasteiger partial charge in [0.15, 0.2) is 11.6 Å². The molecule has 1 heterocycles. The van der Waals surface area contributed by atoms with Crippen molar-refractivity contribution in [3.05, 3.63) is 53.0 Å². The van der Waals surface area contributed by atoms with Gasteiger partial charge in [-0.1, -0.05) is 32.5 Å². The van der Waals surface area contributed by atoms with Gasteiger partial charge in [0.05, 0.1) is 11.6 Å². The predicted octanol–water partition coefficient (Wildman–Crippen LogP) is 6.65. The Morgan fingerprint density at radius 2 is 1.61 bits per heavy atom. The highest BCUT2D eigenvalue weighted by atomic mass is 28.3. The van der Waals surface area contributed by atoms with E-state index in [4.69, 9.17) is 4.42 Å². The summed E-state index contributed by atoms with van der Waals surface area (Å²) >= 11 is 0. The summed E-state index contributed by atoms with van der Waals surface area (Å²) in [5.74, 6) is -5.62. The quantitative estimate of drug-likeness (QED) is 0.171. The van der Waals surface area contributed by atoms with Crippen molar-refractivity contribution in [2.45, 2.75) is 70.3 Å². The van der Waals surface area contributed by atoms with Crippen LogP contribution >= 0.6 is 0 Å². The average molecular weight is 465 g/mol. The standard InChI is InChI=1S/C22H26F6O2Si/c1-31(2,3)21-11-16(13-30-21)14(10-20(29)22(26,27)28)7-5-4-6-8-15-9-18(24)19(25)12-17(15)23/h9,11-14H,4-8,10H2,1-3H3. The summed E-state index contributed by atoms with van der Waals surface area (Å²) in [7, 11) is -1.80. The minimum absolute atomic E-state index is 0.0531. The fourth-order valence-electron chi connectivity index (χ4n) is 3.32. The van der Waals surface area contributed by atoms with Gasteiger partial charge in [-0.15, -0.1) is 0 Å². The number of carbonyl (C=O) groups excluding carboxylic acids is 1. The number of hydrogen-bond donors (Lipinski definition) is 0. The van der Waals surface area contributed by atoms with E-state index >= 15 is 0 Å². The lowest BCUT2D eigenvalue weighted by atomic mass is 9.90. The van der Waals surface area contributed by atoms with Gasteiger partial charge >= 0.3 is 6.18 Å².